The van der Waals surface area contributed by atoms with Gasteiger partial charge in [0.2, 0.25) is 0 Å². The monoisotopic (exact) mass is 302 g/mol. The van der Waals surface area contributed by atoms with Crippen molar-refractivity contribution in [2.24, 2.45) is 0 Å². The minimum atomic E-state index is 0. The average Bonchev–Trinajstić information content (AvgIpc) is 2.38. The Morgan fingerprint density at radius 2 is 1.12 bits per heavy atom. The van der Waals surface area contributed by atoms with E-state index in [0.29, 0.717) is 5.92 Å². The summed E-state index contributed by atoms with van der Waals surface area (Å²) in [7, 11) is 0. The van der Waals surface area contributed by atoms with Gasteiger partial charge in [0.1, 0.15) is 0 Å². The third-order valence-corrected chi connectivity index (χ3v) is 1.47. The summed E-state index contributed by atoms with van der Waals surface area (Å²) < 4.78 is 0. The largest absolute Gasteiger partial charge is 0.281 e. The van der Waals surface area contributed by atoms with Crippen LogP contribution in [-0.4, -0.2) is 20.4 Å². The fourth-order valence-corrected chi connectivity index (χ4v) is 0.838. The van der Waals surface area contributed by atoms with Crippen molar-refractivity contribution >= 4 is 20.4 Å². The van der Waals surface area contributed by atoms with Gasteiger partial charge in [-0.3, -0.25) is 14.4 Å². The van der Waals surface area contributed by atoms with Gasteiger partial charge in [0.15, 0.2) is 0 Å². The molecule has 84 valence electrons. The van der Waals surface area contributed by atoms with Gasteiger partial charge in [-0.2, -0.15) is 0 Å². The van der Waals surface area contributed by atoms with Crippen molar-refractivity contribution in [1.29, 1.82) is 0 Å². The maximum atomic E-state index is 7.50. The summed E-state index contributed by atoms with van der Waals surface area (Å²) in [4.78, 5) is 22.5. The number of rotatable bonds is 1. The molecule has 0 saturated heterocycles. The first-order valence-electron chi connectivity index (χ1n) is 3.97. The zero-order chi connectivity index (χ0) is 12.7. The van der Waals surface area contributed by atoms with Crippen molar-refractivity contribution in [2.75, 3.05) is 0 Å². The van der Waals surface area contributed by atoms with Crippen molar-refractivity contribution in [2.45, 2.75) is 19.8 Å². The number of hydrogen-bond donors (Lipinski definition) is 0. The van der Waals surface area contributed by atoms with E-state index in [1.807, 2.05) is 6.07 Å². The van der Waals surface area contributed by atoms with Gasteiger partial charge in [0, 0.05) is 21.1 Å². The third kappa shape index (κ3) is 15.4. The molecule has 0 unspecified atom stereocenters. The molecular formula is C12H12MoO3. The van der Waals surface area contributed by atoms with E-state index < -0.39 is 0 Å². The van der Waals surface area contributed by atoms with Gasteiger partial charge in [0.05, 0.1) is 0 Å². The number of benzene rings is 1. The van der Waals surface area contributed by atoms with E-state index in [4.69, 9.17) is 14.4 Å². The smallest absolute Gasteiger partial charge is 0.281 e. The molecule has 1 rings (SSSR count). The second-order valence-electron chi connectivity index (χ2n) is 2.57. The summed E-state index contributed by atoms with van der Waals surface area (Å²) in [5.41, 5.74) is 1.41. The topological polar surface area (TPSA) is 51.2 Å². The first kappa shape index (κ1) is 24.2. The van der Waals surface area contributed by atoms with Crippen molar-refractivity contribution in [3.8, 4) is 0 Å². The molecule has 0 aliphatic heterocycles. The Morgan fingerprint density at radius 3 is 1.31 bits per heavy atom. The van der Waals surface area contributed by atoms with Crippen molar-refractivity contribution in [3.05, 3.63) is 35.9 Å². The van der Waals surface area contributed by atoms with Gasteiger partial charge in [-0.05, 0) is 11.5 Å². The molecule has 0 saturated carbocycles. The van der Waals surface area contributed by atoms with E-state index >= 15 is 0 Å². The molecule has 0 bridgehead atoms. The molecule has 4 heteroatoms. The van der Waals surface area contributed by atoms with Crippen LogP contribution in [0.15, 0.2) is 30.3 Å². The molecule has 6 radical (unpaired) electrons. The standard InChI is InChI=1S/C9H12.3CO.Mo/c1-8(2)9-6-4-3-5-7-9;3*1-2;/h3-8H,1-2H3;;;;. The number of carbonyl (C=O) groups excluding carboxylic acids is 3. The van der Waals surface area contributed by atoms with Gasteiger partial charge < -0.3 is 0 Å². The Hall–Kier alpha value is -1.08. The maximum Gasteiger partial charge on any atom is 0.281 e. The quantitative estimate of drug-likeness (QED) is 0.741. The molecule has 0 atom stereocenters. The minimum Gasteiger partial charge on any atom is -0.281 e. The normalized spacial score (nSPS) is 6.44. The molecule has 0 fully saturated rings. The van der Waals surface area contributed by atoms with Gasteiger partial charge in [0.25, 0.3) is 20.4 Å². The molecule has 1 aromatic carbocycles. The average molecular weight is 300 g/mol. The van der Waals surface area contributed by atoms with E-state index in [1.54, 1.807) is 0 Å². The van der Waals surface area contributed by atoms with Crippen LogP contribution in [0.5, 0.6) is 0 Å². The molecule has 0 aliphatic rings. The zero-order valence-electron chi connectivity index (χ0n) is 9.10. The second-order valence-corrected chi connectivity index (χ2v) is 2.57. The third-order valence-electron chi connectivity index (χ3n) is 1.47. The van der Waals surface area contributed by atoms with Crippen LogP contribution in [0.2, 0.25) is 0 Å². The molecule has 0 spiro atoms. The molecular weight excluding hydrogens is 288 g/mol. The Balaban J connectivity index is -0.0000000900. The molecule has 3 nitrogen and oxygen atoms in total. The Morgan fingerprint density at radius 1 is 0.812 bits per heavy atom. The first-order valence-corrected chi connectivity index (χ1v) is 3.97. The van der Waals surface area contributed by atoms with Crippen LogP contribution >= 0.6 is 0 Å². The Kier molecular flexibility index (Phi) is 35.8. The van der Waals surface area contributed by atoms with Crippen molar-refractivity contribution in [1.82, 2.24) is 0 Å². The number of hydrogen-bond acceptors (Lipinski definition) is 3. The van der Waals surface area contributed by atoms with Crippen LogP contribution in [0.1, 0.15) is 25.3 Å². The maximum absolute atomic E-state index is 7.50. The van der Waals surface area contributed by atoms with E-state index in [-0.39, 0.29) is 21.1 Å². The van der Waals surface area contributed by atoms with Crippen LogP contribution < -0.4 is 0 Å². The molecule has 0 heterocycles. The van der Waals surface area contributed by atoms with E-state index in [9.17, 15) is 0 Å². The van der Waals surface area contributed by atoms with Gasteiger partial charge in [-0.15, -0.1) is 0 Å². The zero-order valence-corrected chi connectivity index (χ0v) is 11.1. The van der Waals surface area contributed by atoms with E-state index in [0.717, 1.165) is 0 Å². The van der Waals surface area contributed by atoms with E-state index in [2.05, 4.69) is 58.5 Å². The van der Waals surface area contributed by atoms with Crippen LogP contribution in [0.3, 0.4) is 0 Å². The Bertz CT molecular complexity index is 210. The minimum absolute atomic E-state index is 0. The Labute approximate surface area is 112 Å². The van der Waals surface area contributed by atoms with Crippen LogP contribution in [0, 0.1) is 0 Å². The predicted molar refractivity (Wildman–Crippen MR) is 57.6 cm³/mol. The summed E-state index contributed by atoms with van der Waals surface area (Å²) in [5, 5.41) is 0. The molecule has 16 heavy (non-hydrogen) atoms. The predicted octanol–water partition coefficient (Wildman–Crippen LogP) is 1.62. The molecule has 1 aromatic rings. The van der Waals surface area contributed by atoms with Gasteiger partial charge in [-0.25, -0.2) is 0 Å². The van der Waals surface area contributed by atoms with Crippen LogP contribution in [0.4, 0.5) is 0 Å². The van der Waals surface area contributed by atoms with Gasteiger partial charge in [-0.1, -0.05) is 44.2 Å². The SMILES string of the molecule is CC(C)c1ccccc1.[C]=O.[C]=O.[C]=O.[Mo]. The van der Waals surface area contributed by atoms with Crippen molar-refractivity contribution < 1.29 is 35.4 Å². The second kappa shape index (κ2) is 23.6. The first-order chi connectivity index (χ1) is 7.30. The summed E-state index contributed by atoms with van der Waals surface area (Å²) in [6.45, 7) is 17.9. The fourth-order valence-electron chi connectivity index (χ4n) is 0.838. The molecule has 0 N–H and O–H groups in total. The molecule has 0 aliphatic carbocycles. The summed E-state index contributed by atoms with van der Waals surface area (Å²) in [5.74, 6) is 0.659. The molecule has 0 amide bonds. The van der Waals surface area contributed by atoms with Gasteiger partial charge >= 0.3 is 0 Å². The van der Waals surface area contributed by atoms with Crippen LogP contribution in [0.25, 0.3) is 0 Å². The molecule has 0 aromatic heterocycles. The summed E-state index contributed by atoms with van der Waals surface area (Å²) in [6.07, 6.45) is 0. The summed E-state index contributed by atoms with van der Waals surface area (Å²) >= 11 is 0. The summed E-state index contributed by atoms with van der Waals surface area (Å²) in [6, 6.07) is 10.5. The van der Waals surface area contributed by atoms with E-state index in [1.165, 1.54) is 5.56 Å². The van der Waals surface area contributed by atoms with Crippen molar-refractivity contribution in [3.63, 3.8) is 0 Å². The fraction of sp³-hybridized carbons (Fsp3) is 0.250. The van der Waals surface area contributed by atoms with Crippen LogP contribution in [-0.2, 0) is 35.4 Å².